The average molecular weight is 85.1 g/mol. The summed E-state index contributed by atoms with van der Waals surface area (Å²) in [5, 5.41) is 6.33. The predicted octanol–water partition coefficient (Wildman–Crippen LogP) is 1.85. The molecule has 6 heavy (non-hydrogen) atoms. The molecule has 36 valence electrons. The quantitative estimate of drug-likeness (QED) is 0.371. The van der Waals surface area contributed by atoms with Crippen LogP contribution in [0, 0.1) is 5.41 Å². The molecule has 0 rings (SSSR count). The van der Waals surface area contributed by atoms with Crippen molar-refractivity contribution in [2.75, 3.05) is 0 Å². The van der Waals surface area contributed by atoms with E-state index in [0.29, 0.717) is 0 Å². The molecule has 0 bridgehead atoms. The number of rotatable bonds is 1. The van der Waals surface area contributed by atoms with Crippen molar-refractivity contribution in [3.05, 3.63) is 13.2 Å². The molecule has 0 aliphatic heterocycles. The Hall–Kier alpha value is -0.590. The molecule has 0 amide bonds. The monoisotopic (exact) mass is 85.1 g/mol. The van der Waals surface area contributed by atoms with E-state index in [4.69, 9.17) is 5.41 Å². The van der Waals surface area contributed by atoms with Gasteiger partial charge in [-0.3, -0.25) is 0 Å². The topological polar surface area (TPSA) is 23.9 Å². The van der Waals surface area contributed by atoms with Crippen molar-refractivity contribution in [2.24, 2.45) is 0 Å². The van der Waals surface area contributed by atoms with Gasteiger partial charge >= 0.3 is 0 Å². The van der Waals surface area contributed by atoms with Gasteiger partial charge in [0.1, 0.15) is 0 Å². The van der Waals surface area contributed by atoms with E-state index >= 15 is 0 Å². The van der Waals surface area contributed by atoms with Gasteiger partial charge in [-0.1, -0.05) is 6.92 Å². The number of hydrogen-bond acceptors (Lipinski definition) is 1. The summed E-state index contributed by atoms with van der Waals surface area (Å²) in [4.78, 5) is 0. The molecule has 0 aliphatic carbocycles. The van der Waals surface area contributed by atoms with Crippen molar-refractivity contribution >= 4 is 6.21 Å². The summed E-state index contributed by atoms with van der Waals surface area (Å²) < 4.78 is 0. The van der Waals surface area contributed by atoms with E-state index in [2.05, 4.69) is 13.2 Å². The third kappa shape index (κ3) is 118. The van der Waals surface area contributed by atoms with Gasteiger partial charge in [0.15, 0.2) is 0 Å². The normalized spacial score (nSPS) is 4.83. The summed E-state index contributed by atoms with van der Waals surface area (Å²) in [6, 6.07) is 0. The third-order valence-electron chi connectivity index (χ3n) is 0.204. The number of hydrogen-bond donors (Lipinski definition) is 1. The Morgan fingerprint density at radius 1 is 1.67 bits per heavy atom. The summed E-state index contributed by atoms with van der Waals surface area (Å²) >= 11 is 0. The van der Waals surface area contributed by atoms with Gasteiger partial charge in [-0.2, -0.15) is 0 Å². The van der Waals surface area contributed by atoms with Crippen LogP contribution in [0.3, 0.4) is 0 Å². The van der Waals surface area contributed by atoms with E-state index in [9.17, 15) is 0 Å². The Morgan fingerprint density at radius 3 is 1.83 bits per heavy atom. The maximum Gasteiger partial charge on any atom is -0.00505 e. The maximum atomic E-state index is 6.33. The standard InChI is InChI=1S/C3H7N.C2H4/c1-2-3-4;1-2/h3-4H,2H2,1H3;1-2H2. The summed E-state index contributed by atoms with van der Waals surface area (Å²) in [7, 11) is 0. The highest BCUT2D eigenvalue weighted by atomic mass is 14.3. The lowest BCUT2D eigenvalue weighted by atomic mass is 10.6. The van der Waals surface area contributed by atoms with Gasteiger partial charge in [0, 0.05) is 0 Å². The summed E-state index contributed by atoms with van der Waals surface area (Å²) in [6.07, 6.45) is 2.24. The Labute approximate surface area is 39.2 Å². The third-order valence-corrected chi connectivity index (χ3v) is 0.204. The van der Waals surface area contributed by atoms with E-state index in [1.165, 1.54) is 6.21 Å². The first kappa shape index (κ1) is 9.05. The van der Waals surface area contributed by atoms with Gasteiger partial charge in [-0.15, -0.1) is 13.2 Å². The minimum absolute atomic E-state index is 0.861. The van der Waals surface area contributed by atoms with Crippen LogP contribution in [0.25, 0.3) is 0 Å². The molecule has 0 aromatic carbocycles. The predicted molar refractivity (Wildman–Crippen MR) is 30.3 cm³/mol. The van der Waals surface area contributed by atoms with E-state index in [1.807, 2.05) is 6.92 Å². The first-order valence-corrected chi connectivity index (χ1v) is 1.90. The Bertz CT molecular complexity index is 25.1. The van der Waals surface area contributed by atoms with Crippen LogP contribution in [0.5, 0.6) is 0 Å². The van der Waals surface area contributed by atoms with E-state index in [0.717, 1.165) is 6.42 Å². The van der Waals surface area contributed by atoms with Crippen LogP contribution < -0.4 is 0 Å². The highest BCUT2D eigenvalue weighted by Crippen LogP contribution is 1.54. The smallest absolute Gasteiger partial charge is 0.00505 e. The highest BCUT2D eigenvalue weighted by molar-refractivity contribution is 5.51. The molecule has 0 saturated heterocycles. The zero-order valence-electron chi connectivity index (χ0n) is 4.20. The van der Waals surface area contributed by atoms with Crippen LogP contribution in [0.1, 0.15) is 13.3 Å². The first-order valence-electron chi connectivity index (χ1n) is 1.90. The van der Waals surface area contributed by atoms with Crippen molar-refractivity contribution in [2.45, 2.75) is 13.3 Å². The van der Waals surface area contributed by atoms with Crippen LogP contribution >= 0.6 is 0 Å². The first-order chi connectivity index (χ1) is 2.91. The molecular weight excluding hydrogens is 74.1 g/mol. The Morgan fingerprint density at radius 2 is 1.83 bits per heavy atom. The largest absolute Gasteiger partial charge is 0.313 e. The summed E-state index contributed by atoms with van der Waals surface area (Å²) in [5.41, 5.74) is 0. The van der Waals surface area contributed by atoms with Gasteiger partial charge in [0.25, 0.3) is 0 Å². The summed E-state index contributed by atoms with van der Waals surface area (Å²) in [6.45, 7) is 7.94. The van der Waals surface area contributed by atoms with Crippen molar-refractivity contribution in [3.8, 4) is 0 Å². The fourth-order valence-electron chi connectivity index (χ4n) is 0. The minimum Gasteiger partial charge on any atom is -0.313 e. The van der Waals surface area contributed by atoms with Gasteiger partial charge in [0.2, 0.25) is 0 Å². The molecule has 1 heteroatoms. The fourth-order valence-corrected chi connectivity index (χ4v) is 0. The molecular formula is C5H11N. The zero-order valence-corrected chi connectivity index (χ0v) is 4.20. The molecule has 0 aromatic heterocycles. The highest BCUT2D eigenvalue weighted by Gasteiger charge is 1.47. The Balaban J connectivity index is 0. The van der Waals surface area contributed by atoms with Gasteiger partial charge in [-0.25, -0.2) is 0 Å². The molecule has 0 aromatic rings. The zero-order chi connectivity index (χ0) is 5.41. The Kier molecular flexibility index (Phi) is 38.9. The molecule has 1 N–H and O–H groups in total. The molecule has 0 atom stereocenters. The maximum absolute atomic E-state index is 6.33. The second-order valence-corrected chi connectivity index (χ2v) is 0.612. The van der Waals surface area contributed by atoms with Crippen LogP contribution in [0.15, 0.2) is 13.2 Å². The number of nitrogens with one attached hydrogen (secondary N) is 1. The molecule has 0 aliphatic rings. The molecule has 0 spiro atoms. The van der Waals surface area contributed by atoms with Crippen molar-refractivity contribution in [3.63, 3.8) is 0 Å². The van der Waals surface area contributed by atoms with Gasteiger partial charge < -0.3 is 5.41 Å². The fraction of sp³-hybridized carbons (Fsp3) is 0.400. The summed E-state index contributed by atoms with van der Waals surface area (Å²) in [5.74, 6) is 0. The van der Waals surface area contributed by atoms with Gasteiger partial charge in [0.05, 0.1) is 0 Å². The lowest BCUT2D eigenvalue weighted by Crippen LogP contribution is -1.52. The average Bonchev–Trinajstić information content (AvgIpc) is 1.72. The molecule has 0 radical (unpaired) electrons. The lowest BCUT2D eigenvalue weighted by Gasteiger charge is -1.56. The molecule has 0 fully saturated rings. The van der Waals surface area contributed by atoms with E-state index in [-0.39, 0.29) is 0 Å². The lowest BCUT2D eigenvalue weighted by molar-refractivity contribution is 1.30. The molecule has 0 unspecified atom stereocenters. The van der Waals surface area contributed by atoms with Crippen LogP contribution in [-0.2, 0) is 0 Å². The molecule has 0 heterocycles. The SMILES string of the molecule is C=C.CCC=N. The van der Waals surface area contributed by atoms with Crippen molar-refractivity contribution in [1.82, 2.24) is 0 Å². The van der Waals surface area contributed by atoms with Crippen LogP contribution in [-0.4, -0.2) is 6.21 Å². The van der Waals surface area contributed by atoms with Gasteiger partial charge in [-0.05, 0) is 12.6 Å². The molecule has 0 saturated carbocycles. The van der Waals surface area contributed by atoms with Crippen LogP contribution in [0.2, 0.25) is 0 Å². The van der Waals surface area contributed by atoms with E-state index < -0.39 is 0 Å². The van der Waals surface area contributed by atoms with E-state index in [1.54, 1.807) is 0 Å². The second kappa shape index (κ2) is 25.8. The molecule has 1 nitrogen and oxygen atoms in total. The minimum atomic E-state index is 0.861. The van der Waals surface area contributed by atoms with Crippen molar-refractivity contribution in [1.29, 1.82) is 5.41 Å². The second-order valence-electron chi connectivity index (χ2n) is 0.612. The van der Waals surface area contributed by atoms with Crippen molar-refractivity contribution < 1.29 is 0 Å². The van der Waals surface area contributed by atoms with Crippen LogP contribution in [0.4, 0.5) is 0 Å².